The molecule has 5 nitrogen and oxygen atoms in total. The molecule has 0 aromatic carbocycles. The molecule has 3 heterocycles. The van der Waals surface area contributed by atoms with Crippen LogP contribution < -0.4 is 4.90 Å². The molecule has 2 fully saturated rings. The number of aliphatic hydroxyl groups is 1. The fourth-order valence-corrected chi connectivity index (χ4v) is 3.17. The summed E-state index contributed by atoms with van der Waals surface area (Å²) < 4.78 is 0. The molecule has 0 unspecified atom stereocenters. The number of hydrogen-bond donors (Lipinski definition) is 2. The zero-order valence-electron chi connectivity index (χ0n) is 11.1. The number of β-amino-alcohol motifs (C(OH)–C–C–N with tert-alkyl or cyclic N) is 1. The zero-order valence-corrected chi connectivity index (χ0v) is 11.1. The van der Waals surface area contributed by atoms with Gasteiger partial charge in [0.1, 0.15) is 23.4 Å². The van der Waals surface area contributed by atoms with Crippen molar-refractivity contribution in [3.8, 4) is 0 Å². The summed E-state index contributed by atoms with van der Waals surface area (Å²) in [4.78, 5) is 14.1. The van der Waals surface area contributed by atoms with Crippen molar-refractivity contribution >= 4 is 16.9 Å². The molecule has 0 radical (unpaired) electrons. The molecule has 5 heteroatoms. The highest BCUT2D eigenvalue weighted by Gasteiger charge is 2.52. The summed E-state index contributed by atoms with van der Waals surface area (Å²) in [5, 5.41) is 11.6. The van der Waals surface area contributed by atoms with Crippen molar-refractivity contribution in [2.45, 2.75) is 31.8 Å². The maximum atomic E-state index is 10.4. The molecule has 2 aromatic heterocycles. The Morgan fingerprint density at radius 1 is 1.42 bits per heavy atom. The molecule has 2 N–H and O–H groups in total. The first kappa shape index (κ1) is 11.2. The Morgan fingerprint density at radius 2 is 2.21 bits per heavy atom. The molecule has 2 aromatic rings. The number of H-pyrrole nitrogens is 1. The van der Waals surface area contributed by atoms with Gasteiger partial charge in [-0.25, -0.2) is 9.97 Å². The lowest BCUT2D eigenvalue weighted by Crippen LogP contribution is -2.63. The minimum atomic E-state index is -0.472. The molecule has 1 saturated heterocycles. The van der Waals surface area contributed by atoms with E-state index in [-0.39, 0.29) is 0 Å². The number of rotatable bonds is 3. The van der Waals surface area contributed by atoms with Crippen LogP contribution in [0.1, 0.15) is 25.3 Å². The van der Waals surface area contributed by atoms with Crippen molar-refractivity contribution in [3.05, 3.63) is 18.1 Å². The number of nitrogens with one attached hydrogen (secondary N) is 1. The van der Waals surface area contributed by atoms with Crippen molar-refractivity contribution in [1.29, 1.82) is 0 Å². The molecular formula is C14H18N4O. The van der Waals surface area contributed by atoms with Crippen LogP contribution in [0.5, 0.6) is 0 Å². The fraction of sp³-hybridized carbons (Fsp3) is 0.571. The number of hydrogen-bond acceptors (Lipinski definition) is 4. The van der Waals surface area contributed by atoms with Gasteiger partial charge in [-0.2, -0.15) is 0 Å². The van der Waals surface area contributed by atoms with Crippen LogP contribution in [0.15, 0.2) is 12.5 Å². The molecule has 0 spiro atoms. The smallest absolute Gasteiger partial charge is 0.143 e. The molecule has 2 aliphatic rings. The predicted octanol–water partition coefficient (Wildman–Crippen LogP) is 1.48. The number of aryl methyl sites for hydroxylation is 1. The third-order valence-corrected chi connectivity index (χ3v) is 4.48. The van der Waals surface area contributed by atoms with Gasteiger partial charge >= 0.3 is 0 Å². The lowest BCUT2D eigenvalue weighted by Gasteiger charge is -2.47. The number of anilines is 1. The van der Waals surface area contributed by atoms with Gasteiger partial charge in [-0.1, -0.05) is 6.92 Å². The first-order valence-corrected chi connectivity index (χ1v) is 6.99. The van der Waals surface area contributed by atoms with Crippen molar-refractivity contribution in [3.63, 3.8) is 0 Å². The van der Waals surface area contributed by atoms with Crippen LogP contribution in [-0.2, 0) is 6.42 Å². The first-order chi connectivity index (χ1) is 9.21. The summed E-state index contributed by atoms with van der Waals surface area (Å²) in [5.41, 5.74) is 1.66. The average Bonchev–Trinajstić information content (AvgIpc) is 3.15. The number of nitrogens with zero attached hydrogens (tertiary/aromatic N) is 3. The van der Waals surface area contributed by atoms with Gasteiger partial charge in [0.15, 0.2) is 0 Å². The molecule has 0 bridgehead atoms. The highest BCUT2D eigenvalue weighted by molar-refractivity contribution is 5.91. The van der Waals surface area contributed by atoms with Crippen molar-refractivity contribution in [1.82, 2.24) is 15.0 Å². The highest BCUT2D eigenvalue weighted by atomic mass is 16.3. The minimum Gasteiger partial charge on any atom is -0.386 e. The van der Waals surface area contributed by atoms with Gasteiger partial charge in [0.2, 0.25) is 0 Å². The SMILES string of the molecule is CCc1c[nH]c2ncnc(N3CC(O)(C4CC4)C3)c12. The van der Waals surface area contributed by atoms with Gasteiger partial charge < -0.3 is 15.0 Å². The quantitative estimate of drug-likeness (QED) is 0.875. The number of fused-ring (bicyclic) bond motifs is 1. The summed E-state index contributed by atoms with van der Waals surface area (Å²) in [6, 6.07) is 0. The Balaban J connectivity index is 1.70. The monoisotopic (exact) mass is 258 g/mol. The second kappa shape index (κ2) is 3.70. The van der Waals surface area contributed by atoms with Crippen LogP contribution in [0.4, 0.5) is 5.82 Å². The van der Waals surface area contributed by atoms with E-state index < -0.39 is 5.60 Å². The van der Waals surface area contributed by atoms with Crippen LogP contribution in [-0.4, -0.2) is 38.7 Å². The van der Waals surface area contributed by atoms with Crippen LogP contribution in [0, 0.1) is 5.92 Å². The largest absolute Gasteiger partial charge is 0.386 e. The maximum absolute atomic E-state index is 10.4. The van der Waals surface area contributed by atoms with E-state index in [4.69, 9.17) is 0 Å². The van der Waals surface area contributed by atoms with Crippen molar-refractivity contribution in [2.24, 2.45) is 5.92 Å². The van der Waals surface area contributed by atoms with E-state index in [0.717, 1.165) is 23.3 Å². The lowest BCUT2D eigenvalue weighted by atomic mass is 9.88. The Hall–Kier alpha value is -1.62. The van der Waals surface area contributed by atoms with Crippen LogP contribution in [0.3, 0.4) is 0 Å². The van der Waals surface area contributed by atoms with E-state index in [1.165, 1.54) is 18.4 Å². The standard InChI is InChI=1S/C14H18N4O/c1-2-9-5-15-12-11(9)13(17-8-16-12)18-6-14(19,7-18)10-3-4-10/h5,8,10,19H,2-4,6-7H2,1H3,(H,15,16,17). The Labute approximate surface area is 111 Å². The van der Waals surface area contributed by atoms with Gasteiger partial charge in [-0.15, -0.1) is 0 Å². The lowest BCUT2D eigenvalue weighted by molar-refractivity contribution is -0.00958. The van der Waals surface area contributed by atoms with E-state index in [1.807, 2.05) is 6.20 Å². The topological polar surface area (TPSA) is 65.0 Å². The fourth-order valence-electron chi connectivity index (χ4n) is 3.17. The zero-order chi connectivity index (χ0) is 13.0. The Kier molecular flexibility index (Phi) is 2.18. The molecule has 100 valence electrons. The second-order valence-electron chi connectivity index (χ2n) is 5.82. The normalized spacial score (nSPS) is 21.7. The summed E-state index contributed by atoms with van der Waals surface area (Å²) in [6.07, 6.45) is 6.92. The summed E-state index contributed by atoms with van der Waals surface area (Å²) in [7, 11) is 0. The third-order valence-electron chi connectivity index (χ3n) is 4.48. The number of aromatic nitrogens is 3. The molecule has 1 saturated carbocycles. The van der Waals surface area contributed by atoms with E-state index in [2.05, 4.69) is 26.8 Å². The van der Waals surface area contributed by atoms with Crippen molar-refractivity contribution < 1.29 is 5.11 Å². The molecule has 1 aliphatic heterocycles. The van der Waals surface area contributed by atoms with Gasteiger partial charge in [-0.05, 0) is 30.7 Å². The number of aromatic amines is 1. The van der Waals surface area contributed by atoms with E-state index in [9.17, 15) is 5.11 Å². The molecular weight excluding hydrogens is 240 g/mol. The third kappa shape index (κ3) is 1.57. The molecule has 0 atom stereocenters. The molecule has 1 aliphatic carbocycles. The summed E-state index contributed by atoms with van der Waals surface area (Å²) in [6.45, 7) is 3.55. The van der Waals surface area contributed by atoms with E-state index >= 15 is 0 Å². The minimum absolute atomic E-state index is 0.472. The van der Waals surface area contributed by atoms with Gasteiger partial charge in [0.25, 0.3) is 0 Å². The maximum Gasteiger partial charge on any atom is 0.143 e. The predicted molar refractivity (Wildman–Crippen MR) is 73.2 cm³/mol. The van der Waals surface area contributed by atoms with Crippen LogP contribution >= 0.6 is 0 Å². The molecule has 19 heavy (non-hydrogen) atoms. The van der Waals surface area contributed by atoms with Crippen LogP contribution in [0.2, 0.25) is 0 Å². The van der Waals surface area contributed by atoms with E-state index in [1.54, 1.807) is 6.33 Å². The van der Waals surface area contributed by atoms with Gasteiger partial charge in [0, 0.05) is 6.20 Å². The van der Waals surface area contributed by atoms with Crippen molar-refractivity contribution in [2.75, 3.05) is 18.0 Å². The van der Waals surface area contributed by atoms with Crippen LogP contribution in [0.25, 0.3) is 11.0 Å². The summed E-state index contributed by atoms with van der Waals surface area (Å²) >= 11 is 0. The van der Waals surface area contributed by atoms with Gasteiger partial charge in [-0.3, -0.25) is 0 Å². The highest BCUT2D eigenvalue weighted by Crippen LogP contribution is 2.46. The summed E-state index contributed by atoms with van der Waals surface area (Å²) in [5.74, 6) is 1.48. The van der Waals surface area contributed by atoms with E-state index in [0.29, 0.717) is 19.0 Å². The first-order valence-electron chi connectivity index (χ1n) is 6.99. The average molecular weight is 258 g/mol. The van der Waals surface area contributed by atoms with Gasteiger partial charge in [0.05, 0.1) is 18.5 Å². The Morgan fingerprint density at radius 3 is 2.89 bits per heavy atom. The molecule has 0 amide bonds. The second-order valence-corrected chi connectivity index (χ2v) is 5.82. The molecule has 4 rings (SSSR count). The Bertz CT molecular complexity index is 625.